The predicted molar refractivity (Wildman–Crippen MR) is 117 cm³/mol. The van der Waals surface area contributed by atoms with Gasteiger partial charge in [-0.3, -0.25) is 4.79 Å². The van der Waals surface area contributed by atoms with Gasteiger partial charge in [-0.1, -0.05) is 36.4 Å². The second kappa shape index (κ2) is 7.77. The van der Waals surface area contributed by atoms with Gasteiger partial charge in [-0.25, -0.2) is 18.6 Å². The molecule has 32 heavy (non-hydrogen) atoms. The maximum atomic E-state index is 13.4. The highest BCUT2D eigenvalue weighted by Gasteiger charge is 2.34. The van der Waals surface area contributed by atoms with Gasteiger partial charge < -0.3 is 9.47 Å². The molecule has 5 rings (SSSR count). The standard InChI is InChI=1S/C23H19N3O5S/c24-32(28,29)18-9-6-16(7-10-18)23(27)26-20(13-19(25-26)15-4-2-1-3-5-15)17-8-11-21-22(12-17)31-14-30-21/h1-12,20H,13-14H2,(H2,24,28,29). The first-order valence-electron chi connectivity index (χ1n) is 9.89. The second-order valence-corrected chi connectivity index (χ2v) is 9.03. The van der Waals surface area contributed by atoms with E-state index in [1.165, 1.54) is 29.3 Å². The van der Waals surface area contributed by atoms with Crippen molar-refractivity contribution in [3.63, 3.8) is 0 Å². The number of nitrogens with zero attached hydrogens (tertiary/aromatic N) is 2. The Morgan fingerprint density at radius 3 is 2.41 bits per heavy atom. The van der Waals surface area contributed by atoms with Crippen LogP contribution in [0.5, 0.6) is 11.5 Å². The molecule has 9 heteroatoms. The van der Waals surface area contributed by atoms with Crippen LogP contribution in [0.15, 0.2) is 82.8 Å². The summed E-state index contributed by atoms with van der Waals surface area (Å²) in [5.41, 5.74) is 2.88. The third-order valence-electron chi connectivity index (χ3n) is 5.44. The second-order valence-electron chi connectivity index (χ2n) is 7.46. The molecule has 1 amide bonds. The number of amides is 1. The van der Waals surface area contributed by atoms with Crippen molar-refractivity contribution in [3.8, 4) is 11.5 Å². The van der Waals surface area contributed by atoms with Crippen molar-refractivity contribution in [2.75, 3.05) is 6.79 Å². The Kier molecular flexibility index (Phi) is 4.91. The average molecular weight is 449 g/mol. The van der Waals surface area contributed by atoms with Gasteiger partial charge >= 0.3 is 0 Å². The molecular weight excluding hydrogens is 430 g/mol. The zero-order chi connectivity index (χ0) is 22.3. The maximum Gasteiger partial charge on any atom is 0.274 e. The van der Waals surface area contributed by atoms with Crippen molar-refractivity contribution in [1.82, 2.24) is 5.01 Å². The fourth-order valence-electron chi connectivity index (χ4n) is 3.80. The molecule has 1 atom stereocenters. The Hall–Kier alpha value is -3.69. The molecule has 3 aromatic rings. The van der Waals surface area contributed by atoms with Gasteiger partial charge in [0.15, 0.2) is 11.5 Å². The lowest BCUT2D eigenvalue weighted by Gasteiger charge is -2.22. The Morgan fingerprint density at radius 1 is 0.969 bits per heavy atom. The van der Waals surface area contributed by atoms with Gasteiger partial charge in [0.25, 0.3) is 5.91 Å². The van der Waals surface area contributed by atoms with Crippen LogP contribution in [-0.4, -0.2) is 31.8 Å². The quantitative estimate of drug-likeness (QED) is 0.658. The molecule has 0 radical (unpaired) electrons. The highest BCUT2D eigenvalue weighted by Crippen LogP contribution is 2.39. The zero-order valence-electron chi connectivity index (χ0n) is 16.8. The van der Waals surface area contributed by atoms with Gasteiger partial charge in [0.2, 0.25) is 16.8 Å². The summed E-state index contributed by atoms with van der Waals surface area (Å²) in [4.78, 5) is 13.3. The van der Waals surface area contributed by atoms with Crippen LogP contribution in [-0.2, 0) is 10.0 Å². The van der Waals surface area contributed by atoms with E-state index in [1.54, 1.807) is 0 Å². The van der Waals surface area contributed by atoms with Crippen molar-refractivity contribution in [2.45, 2.75) is 17.4 Å². The molecule has 2 aliphatic rings. The summed E-state index contributed by atoms with van der Waals surface area (Å²) in [6.45, 7) is 0.161. The Morgan fingerprint density at radius 2 is 1.69 bits per heavy atom. The first kappa shape index (κ1) is 20.2. The van der Waals surface area contributed by atoms with Gasteiger partial charge in [-0.05, 0) is 47.5 Å². The lowest BCUT2D eigenvalue weighted by Crippen LogP contribution is -2.27. The molecule has 0 spiro atoms. The minimum atomic E-state index is -3.85. The summed E-state index contributed by atoms with van der Waals surface area (Å²) in [5.74, 6) is 0.938. The first-order chi connectivity index (χ1) is 15.4. The monoisotopic (exact) mass is 449 g/mol. The molecule has 0 bridgehead atoms. The molecule has 0 aliphatic carbocycles. The molecule has 1 unspecified atom stereocenters. The van der Waals surface area contributed by atoms with E-state index in [-0.39, 0.29) is 23.6 Å². The molecule has 8 nitrogen and oxygen atoms in total. The summed E-state index contributed by atoms with van der Waals surface area (Å²) >= 11 is 0. The van der Waals surface area contributed by atoms with Crippen molar-refractivity contribution in [2.24, 2.45) is 10.2 Å². The van der Waals surface area contributed by atoms with Crippen molar-refractivity contribution in [1.29, 1.82) is 0 Å². The van der Waals surface area contributed by atoms with Gasteiger partial charge in [-0.2, -0.15) is 5.10 Å². The number of nitrogens with two attached hydrogens (primary N) is 1. The number of fused-ring (bicyclic) bond motifs is 1. The minimum absolute atomic E-state index is 0.0590. The highest BCUT2D eigenvalue weighted by atomic mass is 32.2. The summed E-state index contributed by atoms with van der Waals surface area (Å²) in [6.07, 6.45) is 0.519. The molecule has 3 aromatic carbocycles. The van der Waals surface area contributed by atoms with Crippen LogP contribution in [0.3, 0.4) is 0 Å². The van der Waals surface area contributed by atoms with Crippen molar-refractivity contribution in [3.05, 3.63) is 89.5 Å². The maximum absolute atomic E-state index is 13.4. The molecule has 0 aromatic heterocycles. The fraction of sp³-hybridized carbons (Fsp3) is 0.130. The van der Waals surface area contributed by atoms with Crippen LogP contribution in [0.2, 0.25) is 0 Å². The highest BCUT2D eigenvalue weighted by molar-refractivity contribution is 7.89. The van der Waals surface area contributed by atoms with Gasteiger partial charge in [0.1, 0.15) is 0 Å². The number of hydrogen-bond donors (Lipinski definition) is 1. The fourth-order valence-corrected chi connectivity index (χ4v) is 4.32. The normalized spacial score (nSPS) is 17.3. The summed E-state index contributed by atoms with van der Waals surface area (Å²) in [7, 11) is -3.85. The third-order valence-corrected chi connectivity index (χ3v) is 6.37. The number of hydrogen-bond acceptors (Lipinski definition) is 6. The molecule has 0 fully saturated rings. The number of rotatable bonds is 4. The van der Waals surface area contributed by atoms with Crippen LogP contribution >= 0.6 is 0 Å². The number of carbonyl (C=O) groups is 1. The molecule has 162 valence electrons. The summed E-state index contributed by atoms with van der Waals surface area (Å²) in [5, 5.41) is 11.2. The topological polar surface area (TPSA) is 111 Å². The van der Waals surface area contributed by atoms with E-state index in [2.05, 4.69) is 5.10 Å². The largest absolute Gasteiger partial charge is 0.454 e. The number of hydrazone groups is 1. The van der Waals surface area contributed by atoms with Gasteiger partial charge in [-0.15, -0.1) is 0 Å². The summed E-state index contributed by atoms with van der Waals surface area (Å²) in [6, 6.07) is 20.4. The van der Waals surface area contributed by atoms with E-state index in [4.69, 9.17) is 14.6 Å². The molecule has 0 saturated carbocycles. The zero-order valence-corrected chi connectivity index (χ0v) is 17.7. The van der Waals surface area contributed by atoms with Crippen LogP contribution in [0.25, 0.3) is 0 Å². The molecule has 2 aliphatic heterocycles. The molecule has 2 N–H and O–H groups in total. The smallest absolute Gasteiger partial charge is 0.274 e. The van der Waals surface area contributed by atoms with Crippen LogP contribution in [0.4, 0.5) is 0 Å². The Labute approximate surface area is 184 Å². The van der Waals surface area contributed by atoms with E-state index in [0.29, 0.717) is 23.5 Å². The van der Waals surface area contributed by atoms with Crippen molar-refractivity contribution >= 4 is 21.6 Å². The van der Waals surface area contributed by atoms with Gasteiger partial charge in [0, 0.05) is 12.0 Å². The van der Waals surface area contributed by atoms with Crippen LogP contribution in [0, 0.1) is 0 Å². The lowest BCUT2D eigenvalue weighted by atomic mass is 9.97. The average Bonchev–Trinajstić information content (AvgIpc) is 3.45. The van der Waals surface area contributed by atoms with Crippen molar-refractivity contribution < 1.29 is 22.7 Å². The SMILES string of the molecule is NS(=O)(=O)c1ccc(C(=O)N2N=C(c3ccccc3)CC2c2ccc3c(c2)OCO3)cc1. The minimum Gasteiger partial charge on any atom is -0.454 e. The molecular formula is C23H19N3O5S. The number of ether oxygens (including phenoxy) is 2. The van der Waals surface area contributed by atoms with Crippen LogP contribution in [0.1, 0.15) is 33.9 Å². The predicted octanol–water partition coefficient (Wildman–Crippen LogP) is 3.05. The van der Waals surface area contributed by atoms with E-state index in [1.807, 2.05) is 48.5 Å². The van der Waals surface area contributed by atoms with E-state index < -0.39 is 10.0 Å². The van der Waals surface area contributed by atoms with Gasteiger partial charge in [0.05, 0.1) is 16.6 Å². The third kappa shape index (κ3) is 3.72. The summed E-state index contributed by atoms with van der Waals surface area (Å²) < 4.78 is 34.0. The number of carbonyl (C=O) groups excluding carboxylic acids is 1. The number of benzene rings is 3. The Balaban J connectivity index is 1.52. The van der Waals surface area contributed by atoms with E-state index in [0.717, 1.165) is 16.8 Å². The number of sulfonamides is 1. The van der Waals surface area contributed by atoms with E-state index in [9.17, 15) is 13.2 Å². The number of primary sulfonamides is 1. The lowest BCUT2D eigenvalue weighted by molar-refractivity contribution is 0.0711. The molecule has 0 saturated heterocycles. The first-order valence-corrected chi connectivity index (χ1v) is 11.4. The van der Waals surface area contributed by atoms with Crippen LogP contribution < -0.4 is 14.6 Å². The molecule has 2 heterocycles. The van der Waals surface area contributed by atoms with E-state index >= 15 is 0 Å². The Bertz CT molecular complexity index is 1320.